The second kappa shape index (κ2) is 7.71. The fraction of sp³-hybridized carbons (Fsp3) is 0.158. The predicted molar refractivity (Wildman–Crippen MR) is 94.2 cm³/mol. The van der Waals surface area contributed by atoms with Gasteiger partial charge in [-0.2, -0.15) is 0 Å². The van der Waals surface area contributed by atoms with Gasteiger partial charge < -0.3 is 15.5 Å². The second-order valence-electron chi connectivity index (χ2n) is 5.77. The number of nitrogens with zero attached hydrogens (tertiary/aromatic N) is 2. The Labute approximate surface area is 149 Å². The summed E-state index contributed by atoms with van der Waals surface area (Å²) in [4.78, 5) is 32.3. The van der Waals surface area contributed by atoms with Crippen LogP contribution in [0.4, 0.5) is 0 Å². The van der Waals surface area contributed by atoms with E-state index in [-0.39, 0.29) is 6.42 Å². The molecular formula is C19H17N3O4. The molecule has 1 aromatic heterocycles. The van der Waals surface area contributed by atoms with Crippen LogP contribution in [0, 0.1) is 0 Å². The van der Waals surface area contributed by atoms with Gasteiger partial charge in [0.15, 0.2) is 6.10 Å². The molecule has 3 rings (SSSR count). The van der Waals surface area contributed by atoms with Crippen molar-refractivity contribution >= 4 is 22.9 Å². The molecule has 0 spiro atoms. The molecule has 0 aliphatic heterocycles. The number of aliphatic carboxylic acids is 1. The van der Waals surface area contributed by atoms with Gasteiger partial charge in [0.05, 0.1) is 16.7 Å². The van der Waals surface area contributed by atoms with E-state index in [0.29, 0.717) is 22.3 Å². The Morgan fingerprint density at radius 2 is 1.65 bits per heavy atom. The molecule has 0 radical (unpaired) electrons. The third-order valence-corrected chi connectivity index (χ3v) is 3.89. The average Bonchev–Trinajstić information content (AvgIpc) is 2.67. The lowest BCUT2D eigenvalue weighted by Gasteiger charge is -2.17. The Bertz CT molecular complexity index is 930. The zero-order valence-corrected chi connectivity index (χ0v) is 13.7. The third kappa shape index (κ3) is 4.01. The van der Waals surface area contributed by atoms with Gasteiger partial charge in [0.25, 0.3) is 5.91 Å². The van der Waals surface area contributed by atoms with E-state index in [9.17, 15) is 19.8 Å². The first-order valence-corrected chi connectivity index (χ1v) is 8.01. The van der Waals surface area contributed by atoms with Gasteiger partial charge in [-0.05, 0) is 17.7 Å². The zero-order chi connectivity index (χ0) is 18.5. The second-order valence-corrected chi connectivity index (χ2v) is 5.77. The van der Waals surface area contributed by atoms with Crippen molar-refractivity contribution in [3.63, 3.8) is 0 Å². The zero-order valence-electron chi connectivity index (χ0n) is 13.7. The minimum Gasteiger partial charge on any atom is -0.480 e. The number of carboxylic acids is 1. The Morgan fingerprint density at radius 3 is 2.35 bits per heavy atom. The van der Waals surface area contributed by atoms with Crippen molar-refractivity contribution in [2.45, 2.75) is 18.6 Å². The minimum atomic E-state index is -1.44. The molecular weight excluding hydrogens is 334 g/mol. The van der Waals surface area contributed by atoms with Crippen LogP contribution in [0.3, 0.4) is 0 Å². The molecule has 0 unspecified atom stereocenters. The first-order chi connectivity index (χ1) is 12.5. The molecule has 0 aliphatic rings. The molecule has 0 bridgehead atoms. The van der Waals surface area contributed by atoms with E-state index < -0.39 is 24.0 Å². The van der Waals surface area contributed by atoms with Gasteiger partial charge in [0.2, 0.25) is 0 Å². The molecule has 0 saturated carbocycles. The number of fused-ring (bicyclic) bond motifs is 1. The van der Waals surface area contributed by atoms with Crippen molar-refractivity contribution in [1.82, 2.24) is 15.3 Å². The normalized spacial score (nSPS) is 13.1. The predicted octanol–water partition coefficient (Wildman–Crippen LogP) is 1.48. The largest absolute Gasteiger partial charge is 0.480 e. The third-order valence-electron chi connectivity index (χ3n) is 3.89. The highest BCUT2D eigenvalue weighted by Gasteiger charge is 2.25. The number of carboxylic acid groups (broad SMARTS) is 1. The monoisotopic (exact) mass is 351 g/mol. The molecule has 0 fully saturated rings. The number of aromatic nitrogens is 2. The topological polar surface area (TPSA) is 112 Å². The van der Waals surface area contributed by atoms with Crippen molar-refractivity contribution in [1.29, 1.82) is 0 Å². The Balaban J connectivity index is 1.74. The lowest BCUT2D eigenvalue weighted by Crippen LogP contribution is -2.44. The van der Waals surface area contributed by atoms with Crippen LogP contribution in [-0.4, -0.2) is 38.1 Å². The molecule has 132 valence electrons. The van der Waals surface area contributed by atoms with E-state index in [1.165, 1.54) is 6.20 Å². The number of nitrogens with one attached hydrogen (secondary N) is 1. The highest BCUT2D eigenvalue weighted by molar-refractivity contribution is 5.87. The van der Waals surface area contributed by atoms with Gasteiger partial charge in [0, 0.05) is 12.6 Å². The highest BCUT2D eigenvalue weighted by Crippen LogP contribution is 2.13. The van der Waals surface area contributed by atoms with Crippen LogP contribution < -0.4 is 5.32 Å². The molecule has 7 heteroatoms. The van der Waals surface area contributed by atoms with Crippen molar-refractivity contribution in [2.75, 3.05) is 0 Å². The summed E-state index contributed by atoms with van der Waals surface area (Å²) < 4.78 is 0. The molecule has 3 N–H and O–H groups in total. The molecule has 3 aromatic rings. The summed E-state index contributed by atoms with van der Waals surface area (Å²) in [6.45, 7) is 0. The van der Waals surface area contributed by atoms with Gasteiger partial charge in [-0.15, -0.1) is 0 Å². The first kappa shape index (κ1) is 17.5. The van der Waals surface area contributed by atoms with Crippen LogP contribution in [0.5, 0.6) is 0 Å². The van der Waals surface area contributed by atoms with Crippen molar-refractivity contribution < 1.29 is 19.8 Å². The van der Waals surface area contributed by atoms with Gasteiger partial charge >= 0.3 is 5.97 Å². The molecule has 7 nitrogen and oxygen atoms in total. The van der Waals surface area contributed by atoms with Crippen LogP contribution in [0.2, 0.25) is 0 Å². The molecule has 2 aromatic carbocycles. The smallest absolute Gasteiger partial charge is 0.326 e. The number of amides is 1. The number of hydrogen-bond donors (Lipinski definition) is 3. The SMILES string of the molecule is O=C(N[C@H](Cc1cnc2ccccc2n1)C(=O)O)[C@@H](O)c1ccccc1. The highest BCUT2D eigenvalue weighted by atomic mass is 16.4. The number of aliphatic hydroxyl groups excluding tert-OH is 1. The van der Waals surface area contributed by atoms with E-state index in [1.54, 1.807) is 42.5 Å². The summed E-state index contributed by atoms with van der Waals surface area (Å²) in [7, 11) is 0. The number of carbonyl (C=O) groups excluding carboxylic acids is 1. The van der Waals surface area contributed by atoms with Crippen molar-refractivity contribution in [2.24, 2.45) is 0 Å². The van der Waals surface area contributed by atoms with Crippen LogP contribution >= 0.6 is 0 Å². The van der Waals surface area contributed by atoms with Crippen molar-refractivity contribution in [3.05, 3.63) is 72.1 Å². The van der Waals surface area contributed by atoms with Gasteiger partial charge in [-0.1, -0.05) is 42.5 Å². The number of para-hydroxylation sites is 2. The number of carbonyl (C=O) groups is 2. The summed E-state index contributed by atoms with van der Waals surface area (Å²) in [5.41, 5.74) is 2.17. The van der Waals surface area contributed by atoms with E-state index in [1.807, 2.05) is 12.1 Å². The van der Waals surface area contributed by atoms with Crippen LogP contribution in [-0.2, 0) is 16.0 Å². The standard InChI is InChI=1S/C19H17N3O4/c23-17(12-6-2-1-3-7-12)18(24)22-16(19(25)26)10-13-11-20-14-8-4-5-9-15(14)21-13/h1-9,11,16-17,23H,10H2,(H,22,24)(H,25,26)/t16-,17+/m1/s1. The van der Waals surface area contributed by atoms with E-state index >= 15 is 0 Å². The maximum Gasteiger partial charge on any atom is 0.326 e. The Morgan fingerprint density at radius 1 is 1.00 bits per heavy atom. The molecule has 26 heavy (non-hydrogen) atoms. The number of hydrogen-bond acceptors (Lipinski definition) is 5. The van der Waals surface area contributed by atoms with Crippen LogP contribution in [0.25, 0.3) is 11.0 Å². The minimum absolute atomic E-state index is 0.0413. The molecule has 1 heterocycles. The van der Waals surface area contributed by atoms with E-state index in [2.05, 4.69) is 15.3 Å². The fourth-order valence-electron chi connectivity index (χ4n) is 2.54. The molecule has 1 amide bonds. The lowest BCUT2D eigenvalue weighted by molar-refractivity contribution is -0.143. The maximum atomic E-state index is 12.2. The van der Waals surface area contributed by atoms with Gasteiger partial charge in [-0.25, -0.2) is 9.78 Å². The lowest BCUT2D eigenvalue weighted by atomic mass is 10.1. The van der Waals surface area contributed by atoms with E-state index in [4.69, 9.17) is 0 Å². The maximum absolute atomic E-state index is 12.2. The number of benzene rings is 2. The number of aliphatic hydroxyl groups is 1. The summed E-state index contributed by atoms with van der Waals surface area (Å²) in [6, 6.07) is 14.3. The van der Waals surface area contributed by atoms with Gasteiger partial charge in [0.1, 0.15) is 6.04 Å². The number of rotatable bonds is 6. The Kier molecular flexibility index (Phi) is 5.19. The summed E-state index contributed by atoms with van der Waals surface area (Å²) in [5.74, 6) is -1.99. The summed E-state index contributed by atoms with van der Waals surface area (Å²) in [6.07, 6.45) is -0.000834. The van der Waals surface area contributed by atoms with E-state index in [0.717, 1.165) is 0 Å². The quantitative estimate of drug-likeness (QED) is 0.620. The van der Waals surface area contributed by atoms with Crippen LogP contribution in [0.15, 0.2) is 60.8 Å². The molecule has 0 saturated heterocycles. The average molecular weight is 351 g/mol. The van der Waals surface area contributed by atoms with Crippen molar-refractivity contribution in [3.8, 4) is 0 Å². The fourth-order valence-corrected chi connectivity index (χ4v) is 2.54. The molecule has 0 aliphatic carbocycles. The summed E-state index contributed by atoms with van der Waals surface area (Å²) >= 11 is 0. The molecule has 2 atom stereocenters. The Hall–Kier alpha value is -3.32. The summed E-state index contributed by atoms with van der Waals surface area (Å²) in [5, 5.41) is 21.9. The van der Waals surface area contributed by atoms with Crippen LogP contribution in [0.1, 0.15) is 17.4 Å². The first-order valence-electron chi connectivity index (χ1n) is 8.01. The van der Waals surface area contributed by atoms with Gasteiger partial charge in [-0.3, -0.25) is 9.78 Å².